The Balaban J connectivity index is 1.36. The molecule has 4 aromatic rings. The number of sulfonamides is 1. The van der Waals surface area contributed by atoms with Gasteiger partial charge in [-0.05, 0) is 101 Å². The number of carbonyl (C=O) groups excluding carboxylic acids is 1. The fourth-order valence-electron chi connectivity index (χ4n) is 6.49. The number of ether oxygens (including phenoxy) is 1. The van der Waals surface area contributed by atoms with E-state index in [-0.39, 0.29) is 24.3 Å². The molecule has 2 heterocycles. The minimum Gasteiger partial charge on any atom is -0.455 e. The number of carbonyl (C=O) groups is 1. The van der Waals surface area contributed by atoms with Gasteiger partial charge < -0.3 is 23.8 Å². The molecule has 50 heavy (non-hydrogen) atoms. The van der Waals surface area contributed by atoms with E-state index in [1.807, 2.05) is 64.1 Å². The Morgan fingerprint density at radius 2 is 1.70 bits per heavy atom. The molecule has 3 aromatic carbocycles. The average Bonchev–Trinajstić information content (AvgIpc) is 3.80. The maximum atomic E-state index is 13.8. The average molecular weight is 705 g/mol. The summed E-state index contributed by atoms with van der Waals surface area (Å²) in [5.41, 5.74) is 2.66. The van der Waals surface area contributed by atoms with Crippen LogP contribution in [0.3, 0.4) is 0 Å². The van der Waals surface area contributed by atoms with E-state index in [0.29, 0.717) is 59.5 Å². The number of anilines is 1. The fraction of sp³-hybridized carbons (Fsp3) is 0.447. The van der Waals surface area contributed by atoms with Crippen molar-refractivity contribution < 1.29 is 36.1 Å². The van der Waals surface area contributed by atoms with Crippen molar-refractivity contribution in [2.75, 3.05) is 30.8 Å². The minimum atomic E-state index is -3.79. The van der Waals surface area contributed by atoms with Crippen molar-refractivity contribution in [3.63, 3.8) is 0 Å². The Bertz CT molecular complexity index is 1930. The van der Waals surface area contributed by atoms with Gasteiger partial charge in [0.15, 0.2) is 0 Å². The zero-order valence-electron chi connectivity index (χ0n) is 29.6. The molecule has 2 aliphatic rings. The van der Waals surface area contributed by atoms with Gasteiger partial charge in [-0.15, -0.1) is 0 Å². The van der Waals surface area contributed by atoms with Crippen LogP contribution in [0, 0.1) is 11.7 Å². The van der Waals surface area contributed by atoms with Crippen LogP contribution in [0.5, 0.6) is 0 Å². The van der Waals surface area contributed by atoms with E-state index in [4.69, 9.17) is 18.5 Å². The smallest absolute Gasteiger partial charge is 0.455 e. The van der Waals surface area contributed by atoms with E-state index in [0.717, 1.165) is 24.0 Å². The zero-order valence-corrected chi connectivity index (χ0v) is 30.4. The Morgan fingerprint density at radius 3 is 2.30 bits per heavy atom. The van der Waals surface area contributed by atoms with Gasteiger partial charge in [-0.2, -0.15) is 0 Å². The molecule has 266 valence electrons. The van der Waals surface area contributed by atoms with Gasteiger partial charge in [0.1, 0.15) is 17.2 Å². The SMILES string of the molecule is CNC(=O)c1c(-c2ccc(F)cc2)oc2cc(N(CC(CCB3OC(C)(C)C(C)(C)O3)COCc3ccccc3)S(C)(=O)=O)c(C3CC3)cc12. The molecule has 6 rings (SSSR count). The summed E-state index contributed by atoms with van der Waals surface area (Å²) in [7, 11) is -2.68. The predicted octanol–water partition coefficient (Wildman–Crippen LogP) is 7.56. The highest BCUT2D eigenvalue weighted by Gasteiger charge is 2.50. The summed E-state index contributed by atoms with van der Waals surface area (Å²) in [4.78, 5) is 13.2. The van der Waals surface area contributed by atoms with Gasteiger partial charge in [-0.3, -0.25) is 9.10 Å². The second-order valence-electron chi connectivity index (χ2n) is 14.5. The van der Waals surface area contributed by atoms with Gasteiger partial charge in [0, 0.05) is 36.5 Å². The Morgan fingerprint density at radius 1 is 1.04 bits per heavy atom. The Kier molecular flexibility index (Phi) is 10.2. The first-order chi connectivity index (χ1) is 23.7. The number of nitrogens with zero attached hydrogens (tertiary/aromatic N) is 1. The zero-order chi connectivity index (χ0) is 35.8. The molecule has 1 unspecified atom stereocenters. The topological polar surface area (TPSA) is 107 Å². The summed E-state index contributed by atoms with van der Waals surface area (Å²) < 4.78 is 67.8. The summed E-state index contributed by atoms with van der Waals surface area (Å²) >= 11 is 0. The highest BCUT2D eigenvalue weighted by atomic mass is 32.2. The molecule has 2 fully saturated rings. The highest BCUT2D eigenvalue weighted by molar-refractivity contribution is 7.92. The van der Waals surface area contributed by atoms with E-state index < -0.39 is 34.2 Å². The van der Waals surface area contributed by atoms with Crippen molar-refractivity contribution in [2.24, 2.45) is 5.92 Å². The largest absolute Gasteiger partial charge is 0.457 e. The maximum Gasteiger partial charge on any atom is 0.457 e. The number of nitrogens with one attached hydrogen (secondary N) is 1. The second kappa shape index (κ2) is 14.1. The van der Waals surface area contributed by atoms with Crippen LogP contribution >= 0.6 is 0 Å². The van der Waals surface area contributed by atoms with E-state index in [9.17, 15) is 17.6 Å². The van der Waals surface area contributed by atoms with Gasteiger partial charge >= 0.3 is 7.12 Å². The summed E-state index contributed by atoms with van der Waals surface area (Å²) in [5.74, 6) is -0.537. The fourth-order valence-corrected chi connectivity index (χ4v) is 7.48. The number of amides is 1. The quantitative estimate of drug-likeness (QED) is 0.135. The Hall–Kier alpha value is -3.71. The van der Waals surface area contributed by atoms with Crippen molar-refractivity contribution in [3.05, 3.63) is 89.2 Å². The molecule has 0 radical (unpaired) electrons. The normalized spacial score (nSPS) is 17.6. The van der Waals surface area contributed by atoms with E-state index in [1.165, 1.54) is 22.7 Å². The summed E-state index contributed by atoms with van der Waals surface area (Å²) in [6, 6.07) is 19.2. The monoisotopic (exact) mass is 704 g/mol. The van der Waals surface area contributed by atoms with E-state index in [1.54, 1.807) is 25.2 Å². The molecular weight excluding hydrogens is 658 g/mol. The van der Waals surface area contributed by atoms with Crippen LogP contribution in [-0.4, -0.2) is 59.1 Å². The summed E-state index contributed by atoms with van der Waals surface area (Å²) in [6.45, 7) is 8.93. The number of hydrogen-bond donors (Lipinski definition) is 1. The van der Waals surface area contributed by atoms with Crippen LogP contribution in [0.4, 0.5) is 10.1 Å². The first kappa shape index (κ1) is 36.1. The van der Waals surface area contributed by atoms with Gasteiger partial charge in [0.05, 0.1) is 41.9 Å². The second-order valence-corrected chi connectivity index (χ2v) is 16.4. The number of furan rings is 1. The lowest BCUT2D eigenvalue weighted by molar-refractivity contribution is 0.00578. The van der Waals surface area contributed by atoms with E-state index >= 15 is 0 Å². The molecular formula is C38H46BFN2O7S. The highest BCUT2D eigenvalue weighted by Crippen LogP contribution is 2.48. The van der Waals surface area contributed by atoms with Crippen molar-refractivity contribution >= 4 is 39.7 Å². The molecule has 1 aliphatic heterocycles. The lowest BCUT2D eigenvalue weighted by atomic mass is 9.80. The molecule has 1 saturated heterocycles. The summed E-state index contributed by atoms with van der Waals surface area (Å²) in [6.07, 6.45) is 4.17. The molecule has 12 heteroatoms. The van der Waals surface area contributed by atoms with Crippen molar-refractivity contribution in [3.8, 4) is 11.3 Å². The lowest BCUT2D eigenvalue weighted by Crippen LogP contribution is -2.41. The third-order valence-corrected chi connectivity index (χ3v) is 11.2. The van der Waals surface area contributed by atoms with Crippen molar-refractivity contribution in [1.82, 2.24) is 5.32 Å². The molecule has 9 nitrogen and oxygen atoms in total. The molecule has 0 bridgehead atoms. The molecule has 1 atom stereocenters. The van der Waals surface area contributed by atoms with Gasteiger partial charge in [0.25, 0.3) is 5.91 Å². The number of rotatable bonds is 14. The predicted molar refractivity (Wildman–Crippen MR) is 194 cm³/mol. The summed E-state index contributed by atoms with van der Waals surface area (Å²) in [5, 5.41) is 3.27. The van der Waals surface area contributed by atoms with Gasteiger partial charge in [-0.1, -0.05) is 30.3 Å². The molecule has 1 aromatic heterocycles. The van der Waals surface area contributed by atoms with Crippen LogP contribution < -0.4 is 9.62 Å². The molecule has 1 saturated carbocycles. The van der Waals surface area contributed by atoms with Crippen LogP contribution in [-0.2, 0) is 30.7 Å². The first-order valence-electron chi connectivity index (χ1n) is 17.2. The number of hydrogen-bond acceptors (Lipinski definition) is 7. The number of halogens is 1. The number of benzene rings is 3. The standard InChI is InChI=1S/C38H46BFN2O7S/c1-37(2)38(3,4)49-39(48-37)19-18-26(24-46-23-25-10-8-7-9-11-25)22-42(50(6,44)45)32-21-33-31(20-30(32)27-12-13-27)34(36(43)41-5)35(47-33)28-14-16-29(40)17-15-28/h7-11,14-17,20-21,26-27H,12-13,18-19,22-24H2,1-6H3,(H,41,43). The van der Waals surface area contributed by atoms with Crippen molar-refractivity contribution in [1.29, 1.82) is 0 Å². The Labute approximate surface area is 294 Å². The van der Waals surface area contributed by atoms with Gasteiger partial charge in [-0.25, -0.2) is 12.8 Å². The minimum absolute atomic E-state index is 0.137. The van der Waals surface area contributed by atoms with Crippen LogP contribution in [0.2, 0.25) is 6.32 Å². The molecule has 0 spiro atoms. The maximum absolute atomic E-state index is 13.8. The van der Waals surface area contributed by atoms with E-state index in [2.05, 4.69) is 5.32 Å². The molecule has 1 amide bonds. The lowest BCUT2D eigenvalue weighted by Gasteiger charge is -2.32. The van der Waals surface area contributed by atoms with Crippen LogP contribution in [0.15, 0.2) is 71.1 Å². The molecule has 1 N–H and O–H groups in total. The van der Waals surface area contributed by atoms with Crippen LogP contribution in [0.25, 0.3) is 22.3 Å². The van der Waals surface area contributed by atoms with Crippen LogP contribution in [0.1, 0.15) is 74.4 Å². The van der Waals surface area contributed by atoms with Crippen molar-refractivity contribution in [2.45, 2.75) is 77.0 Å². The first-order valence-corrected chi connectivity index (χ1v) is 19.0. The van der Waals surface area contributed by atoms with Gasteiger partial charge in [0.2, 0.25) is 10.0 Å². The third kappa shape index (κ3) is 7.78. The molecule has 1 aliphatic carbocycles. The number of fused-ring (bicyclic) bond motifs is 1. The third-order valence-electron chi connectivity index (χ3n) is 10.1.